The Morgan fingerprint density at radius 3 is 2.57 bits per heavy atom. The Morgan fingerprint density at radius 2 is 1.83 bits per heavy atom. The van der Waals surface area contributed by atoms with E-state index in [-0.39, 0.29) is 18.0 Å². The summed E-state index contributed by atoms with van der Waals surface area (Å²) in [7, 11) is 0. The summed E-state index contributed by atoms with van der Waals surface area (Å²) in [5.74, 6) is 0.927. The van der Waals surface area contributed by atoms with Gasteiger partial charge in [-0.25, -0.2) is 4.98 Å². The lowest BCUT2D eigenvalue weighted by atomic mass is 10.1. The maximum atomic E-state index is 13.0. The summed E-state index contributed by atoms with van der Waals surface area (Å²) < 4.78 is 4.53. The molecule has 2 heterocycles. The molecule has 1 saturated heterocycles. The van der Waals surface area contributed by atoms with E-state index in [1.165, 1.54) is 22.7 Å². The quantitative estimate of drug-likeness (QED) is 0.592. The third kappa shape index (κ3) is 5.25. The van der Waals surface area contributed by atoms with Crippen molar-refractivity contribution in [1.29, 1.82) is 0 Å². The van der Waals surface area contributed by atoms with Crippen molar-refractivity contribution in [3.05, 3.63) is 77.6 Å². The van der Waals surface area contributed by atoms with Gasteiger partial charge in [-0.1, -0.05) is 60.7 Å². The van der Waals surface area contributed by atoms with Gasteiger partial charge in [0.1, 0.15) is 11.9 Å². The molecule has 0 bridgehead atoms. The summed E-state index contributed by atoms with van der Waals surface area (Å²) >= 11 is 1.40. The van der Waals surface area contributed by atoms with Gasteiger partial charge >= 0.3 is 0 Å². The van der Waals surface area contributed by atoms with E-state index in [0.29, 0.717) is 0 Å². The van der Waals surface area contributed by atoms with Crippen LogP contribution in [0.25, 0.3) is 0 Å². The highest BCUT2D eigenvalue weighted by molar-refractivity contribution is 7.09. The molecule has 3 aromatic rings. The van der Waals surface area contributed by atoms with Crippen LogP contribution in [0.3, 0.4) is 0 Å². The number of aromatic nitrogens is 2. The lowest BCUT2D eigenvalue weighted by molar-refractivity contribution is -0.122. The SMILES string of the molecule is C[C@@H](CCc1ccccc1)NC(=O)[C@@H]1CCCN1c1nc(Cc2ccccc2)ns1. The van der Waals surface area contributed by atoms with Crippen LogP contribution in [0.5, 0.6) is 0 Å². The third-order valence-electron chi connectivity index (χ3n) is 5.56. The molecule has 0 spiro atoms. The third-order valence-corrected chi connectivity index (χ3v) is 6.35. The van der Waals surface area contributed by atoms with E-state index < -0.39 is 0 Å². The number of carbonyl (C=O) groups is 1. The van der Waals surface area contributed by atoms with Crippen LogP contribution < -0.4 is 10.2 Å². The van der Waals surface area contributed by atoms with Crippen LogP contribution in [0.4, 0.5) is 5.13 Å². The molecule has 2 aromatic carbocycles. The number of nitrogens with zero attached hydrogens (tertiary/aromatic N) is 3. The van der Waals surface area contributed by atoms with Gasteiger partial charge in [-0.3, -0.25) is 4.79 Å². The molecule has 5 nitrogen and oxygen atoms in total. The van der Waals surface area contributed by atoms with Crippen LogP contribution in [-0.4, -0.2) is 33.9 Å². The normalized spacial score (nSPS) is 17.1. The average Bonchev–Trinajstić information content (AvgIpc) is 3.43. The van der Waals surface area contributed by atoms with Crippen molar-refractivity contribution in [3.8, 4) is 0 Å². The van der Waals surface area contributed by atoms with Gasteiger partial charge in [0.25, 0.3) is 0 Å². The molecule has 1 N–H and O–H groups in total. The highest BCUT2D eigenvalue weighted by atomic mass is 32.1. The zero-order valence-corrected chi connectivity index (χ0v) is 18.1. The largest absolute Gasteiger partial charge is 0.352 e. The second-order valence-corrected chi connectivity index (χ2v) is 8.67. The van der Waals surface area contributed by atoms with Gasteiger partial charge in [0.15, 0.2) is 0 Å². The predicted octanol–water partition coefficient (Wildman–Crippen LogP) is 4.24. The first-order valence-electron chi connectivity index (χ1n) is 10.7. The van der Waals surface area contributed by atoms with Crippen molar-refractivity contribution in [2.45, 2.75) is 51.1 Å². The molecule has 0 aliphatic carbocycles. The van der Waals surface area contributed by atoms with Crippen molar-refractivity contribution in [2.75, 3.05) is 11.4 Å². The summed E-state index contributed by atoms with van der Waals surface area (Å²) in [4.78, 5) is 19.8. The molecule has 0 saturated carbocycles. The molecule has 0 radical (unpaired) electrons. The van der Waals surface area contributed by atoms with Crippen molar-refractivity contribution in [1.82, 2.24) is 14.7 Å². The minimum atomic E-state index is -0.151. The Morgan fingerprint density at radius 1 is 1.13 bits per heavy atom. The molecule has 30 heavy (non-hydrogen) atoms. The van der Waals surface area contributed by atoms with E-state index in [1.54, 1.807) is 0 Å². The van der Waals surface area contributed by atoms with E-state index in [1.807, 2.05) is 24.3 Å². The van der Waals surface area contributed by atoms with Crippen molar-refractivity contribution >= 4 is 22.6 Å². The Bertz CT molecular complexity index is 944. The fraction of sp³-hybridized carbons (Fsp3) is 0.375. The number of benzene rings is 2. The first kappa shape index (κ1) is 20.5. The second kappa shape index (κ2) is 9.85. The van der Waals surface area contributed by atoms with Crippen LogP contribution in [-0.2, 0) is 17.6 Å². The number of amides is 1. The molecule has 1 aliphatic rings. The zero-order valence-electron chi connectivity index (χ0n) is 17.3. The van der Waals surface area contributed by atoms with E-state index in [2.05, 4.69) is 57.9 Å². The van der Waals surface area contributed by atoms with E-state index in [9.17, 15) is 4.79 Å². The lowest BCUT2D eigenvalue weighted by Gasteiger charge is -2.24. The molecule has 4 rings (SSSR count). The molecule has 1 amide bonds. The first-order chi connectivity index (χ1) is 14.7. The molecular formula is C24H28N4OS. The summed E-state index contributed by atoms with van der Waals surface area (Å²) in [5.41, 5.74) is 2.51. The predicted molar refractivity (Wildman–Crippen MR) is 122 cm³/mol. The number of anilines is 1. The smallest absolute Gasteiger partial charge is 0.242 e. The molecule has 1 aromatic heterocycles. The topological polar surface area (TPSA) is 58.1 Å². The van der Waals surface area contributed by atoms with Gasteiger partial charge in [-0.15, -0.1) is 0 Å². The highest BCUT2D eigenvalue weighted by Gasteiger charge is 2.33. The van der Waals surface area contributed by atoms with Gasteiger partial charge in [-0.2, -0.15) is 4.37 Å². The maximum absolute atomic E-state index is 13.0. The van der Waals surface area contributed by atoms with Crippen LogP contribution in [0.1, 0.15) is 43.1 Å². The Hall–Kier alpha value is -2.73. The summed E-state index contributed by atoms with van der Waals surface area (Å²) in [5, 5.41) is 4.07. The second-order valence-electron chi connectivity index (χ2n) is 7.94. The molecule has 6 heteroatoms. The summed E-state index contributed by atoms with van der Waals surface area (Å²) in [6.07, 6.45) is 4.49. The Labute approximate surface area is 182 Å². The minimum absolute atomic E-state index is 0.105. The maximum Gasteiger partial charge on any atom is 0.242 e. The molecule has 1 fully saturated rings. The number of hydrogen-bond donors (Lipinski definition) is 1. The number of rotatable bonds is 8. The van der Waals surface area contributed by atoms with E-state index in [4.69, 9.17) is 4.98 Å². The number of hydrogen-bond acceptors (Lipinski definition) is 5. The molecule has 2 atom stereocenters. The molecular weight excluding hydrogens is 392 g/mol. The van der Waals surface area contributed by atoms with Gasteiger partial charge in [0.05, 0.1) is 0 Å². The van der Waals surface area contributed by atoms with Crippen molar-refractivity contribution < 1.29 is 4.79 Å². The van der Waals surface area contributed by atoms with Crippen molar-refractivity contribution in [3.63, 3.8) is 0 Å². The monoisotopic (exact) mass is 420 g/mol. The fourth-order valence-corrected chi connectivity index (χ4v) is 4.68. The molecule has 1 aliphatic heterocycles. The number of aryl methyl sites for hydroxylation is 1. The highest BCUT2D eigenvalue weighted by Crippen LogP contribution is 2.28. The molecule has 0 unspecified atom stereocenters. The van der Waals surface area contributed by atoms with Crippen molar-refractivity contribution in [2.24, 2.45) is 0 Å². The summed E-state index contributed by atoms with van der Waals surface area (Å²) in [6, 6.07) is 20.7. The van der Waals surface area contributed by atoms with Gasteiger partial charge in [0, 0.05) is 30.5 Å². The van der Waals surface area contributed by atoms with E-state index >= 15 is 0 Å². The summed E-state index contributed by atoms with van der Waals surface area (Å²) in [6.45, 7) is 2.94. The number of nitrogens with one attached hydrogen (secondary N) is 1. The fourth-order valence-electron chi connectivity index (χ4n) is 3.92. The van der Waals surface area contributed by atoms with Crippen LogP contribution >= 0.6 is 11.5 Å². The van der Waals surface area contributed by atoms with Crippen LogP contribution in [0.15, 0.2) is 60.7 Å². The Balaban J connectivity index is 1.33. The minimum Gasteiger partial charge on any atom is -0.352 e. The Kier molecular flexibility index (Phi) is 6.74. The zero-order chi connectivity index (χ0) is 20.8. The van der Waals surface area contributed by atoms with Gasteiger partial charge in [-0.05, 0) is 43.7 Å². The standard InChI is InChI=1S/C24H28N4OS/c1-18(14-15-19-9-4-2-5-10-19)25-23(29)21-13-8-16-28(21)24-26-22(27-30-24)17-20-11-6-3-7-12-20/h2-7,9-12,18,21H,8,13-17H2,1H3,(H,25,29)/t18-,21-/m0/s1. The van der Waals surface area contributed by atoms with Crippen LogP contribution in [0, 0.1) is 0 Å². The lowest BCUT2D eigenvalue weighted by Crippen LogP contribution is -2.46. The van der Waals surface area contributed by atoms with Crippen LogP contribution in [0.2, 0.25) is 0 Å². The van der Waals surface area contributed by atoms with E-state index in [0.717, 1.165) is 49.6 Å². The average molecular weight is 421 g/mol. The first-order valence-corrected chi connectivity index (χ1v) is 11.4. The molecule has 156 valence electrons. The van der Waals surface area contributed by atoms with Gasteiger partial charge < -0.3 is 10.2 Å². The number of carbonyl (C=O) groups excluding carboxylic acids is 1. The van der Waals surface area contributed by atoms with Gasteiger partial charge in [0.2, 0.25) is 11.0 Å².